The molecule has 0 saturated carbocycles. The van der Waals surface area contributed by atoms with Crippen LogP contribution in [0, 0.1) is 0 Å². The second-order valence-electron chi connectivity index (χ2n) is 9.40. The Kier molecular flexibility index (Phi) is 6.66. The molecule has 178 valence electrons. The second kappa shape index (κ2) is 9.48. The van der Waals surface area contributed by atoms with E-state index in [2.05, 4.69) is 46.2 Å². The number of aromatic nitrogens is 5. The van der Waals surface area contributed by atoms with Crippen LogP contribution in [-0.4, -0.2) is 63.6 Å². The van der Waals surface area contributed by atoms with Gasteiger partial charge in [-0.2, -0.15) is 0 Å². The Balaban J connectivity index is 1.65. The fraction of sp³-hybridized carbons (Fsp3) is 0.565. The molecule has 0 unspecified atom stereocenters. The van der Waals surface area contributed by atoms with Crippen molar-refractivity contribution >= 4 is 10.9 Å². The van der Waals surface area contributed by atoms with Gasteiger partial charge in [-0.1, -0.05) is 0 Å². The van der Waals surface area contributed by atoms with Crippen molar-refractivity contribution < 1.29 is 14.2 Å². The van der Waals surface area contributed by atoms with Gasteiger partial charge in [0.25, 0.3) is 5.56 Å². The normalized spacial score (nSPS) is 16.6. The highest BCUT2D eigenvalue weighted by molar-refractivity contribution is 5.83. The molecule has 0 aliphatic carbocycles. The van der Waals surface area contributed by atoms with Gasteiger partial charge in [-0.05, 0) is 56.2 Å². The van der Waals surface area contributed by atoms with E-state index in [0.29, 0.717) is 42.2 Å². The number of methoxy groups -OCH3 is 2. The van der Waals surface area contributed by atoms with E-state index in [-0.39, 0.29) is 17.2 Å². The third-order valence-electron chi connectivity index (χ3n) is 5.84. The van der Waals surface area contributed by atoms with E-state index in [1.165, 1.54) is 0 Å². The molecule has 33 heavy (non-hydrogen) atoms. The van der Waals surface area contributed by atoms with Crippen LogP contribution in [0.2, 0.25) is 0 Å². The van der Waals surface area contributed by atoms with Crippen LogP contribution in [0.15, 0.2) is 23.0 Å². The molecule has 3 aromatic rings. The Hall–Kier alpha value is -2.98. The summed E-state index contributed by atoms with van der Waals surface area (Å²) in [6, 6.07) is 5.56. The van der Waals surface area contributed by atoms with Crippen molar-refractivity contribution in [1.82, 2.24) is 30.1 Å². The summed E-state index contributed by atoms with van der Waals surface area (Å²) in [7, 11) is 3.17. The molecule has 1 aliphatic rings. The lowest BCUT2D eigenvalue weighted by molar-refractivity contribution is 0.0657. The molecule has 0 amide bonds. The average Bonchev–Trinajstić information content (AvgIpc) is 3.45. The number of benzene rings is 1. The van der Waals surface area contributed by atoms with E-state index < -0.39 is 0 Å². The van der Waals surface area contributed by atoms with Gasteiger partial charge in [-0.25, -0.2) is 4.68 Å². The van der Waals surface area contributed by atoms with Crippen molar-refractivity contribution in [1.29, 1.82) is 0 Å². The summed E-state index contributed by atoms with van der Waals surface area (Å²) in [6.45, 7) is 8.60. The first-order chi connectivity index (χ1) is 15.8. The molecule has 2 aromatic heterocycles. The topological polar surface area (TPSA) is 107 Å². The van der Waals surface area contributed by atoms with Gasteiger partial charge in [0.2, 0.25) is 0 Å². The van der Waals surface area contributed by atoms with E-state index in [0.717, 1.165) is 30.7 Å². The molecule has 1 aliphatic heterocycles. The molecular weight excluding hydrogens is 424 g/mol. The zero-order valence-corrected chi connectivity index (χ0v) is 19.9. The predicted octanol–water partition coefficient (Wildman–Crippen LogP) is 2.47. The fourth-order valence-electron chi connectivity index (χ4n) is 4.22. The number of nitrogens with one attached hydrogen (secondary N) is 1. The van der Waals surface area contributed by atoms with Crippen molar-refractivity contribution in [3.05, 3.63) is 39.9 Å². The first-order valence-electron chi connectivity index (χ1n) is 11.2. The van der Waals surface area contributed by atoms with Crippen LogP contribution < -0.4 is 15.0 Å². The van der Waals surface area contributed by atoms with Gasteiger partial charge in [0.05, 0.1) is 37.9 Å². The number of pyridine rings is 1. The van der Waals surface area contributed by atoms with Crippen LogP contribution >= 0.6 is 0 Å². The van der Waals surface area contributed by atoms with E-state index in [1.54, 1.807) is 20.3 Å². The average molecular weight is 457 g/mol. The van der Waals surface area contributed by atoms with Crippen molar-refractivity contribution in [2.24, 2.45) is 0 Å². The minimum atomic E-state index is -0.246. The smallest absolute Gasteiger partial charge is 0.252 e. The van der Waals surface area contributed by atoms with E-state index in [1.807, 2.05) is 16.8 Å². The third-order valence-corrected chi connectivity index (χ3v) is 5.84. The van der Waals surface area contributed by atoms with Gasteiger partial charge >= 0.3 is 0 Å². The Bertz CT molecular complexity index is 1160. The van der Waals surface area contributed by atoms with E-state index in [4.69, 9.17) is 14.2 Å². The molecule has 1 saturated heterocycles. The number of hydrogen-bond acceptors (Lipinski definition) is 8. The molecule has 1 aromatic carbocycles. The molecule has 3 heterocycles. The van der Waals surface area contributed by atoms with Gasteiger partial charge in [-0.15, -0.1) is 5.10 Å². The zero-order valence-electron chi connectivity index (χ0n) is 19.9. The summed E-state index contributed by atoms with van der Waals surface area (Å²) in [4.78, 5) is 18.1. The van der Waals surface area contributed by atoms with Crippen LogP contribution in [-0.2, 0) is 23.4 Å². The molecule has 1 N–H and O–H groups in total. The van der Waals surface area contributed by atoms with Crippen molar-refractivity contribution in [3.63, 3.8) is 0 Å². The van der Waals surface area contributed by atoms with Gasteiger partial charge in [-0.3, -0.25) is 9.69 Å². The molecule has 0 spiro atoms. The monoisotopic (exact) mass is 456 g/mol. The minimum absolute atomic E-state index is 0.132. The lowest BCUT2D eigenvalue weighted by atomic mass is 10.1. The quantitative estimate of drug-likeness (QED) is 0.551. The molecular formula is C23H32N6O4. The highest BCUT2D eigenvalue weighted by Crippen LogP contribution is 2.31. The number of H-pyrrole nitrogens is 1. The maximum Gasteiger partial charge on any atom is 0.252 e. The molecule has 10 nitrogen and oxygen atoms in total. The molecule has 1 fully saturated rings. The summed E-state index contributed by atoms with van der Waals surface area (Å²) in [6.07, 6.45) is 2.19. The Morgan fingerprint density at radius 3 is 2.61 bits per heavy atom. The van der Waals surface area contributed by atoms with Crippen LogP contribution in [0.1, 0.15) is 45.0 Å². The summed E-state index contributed by atoms with van der Waals surface area (Å²) in [5, 5.41) is 13.2. The number of fused-ring (bicyclic) bond motifs is 1. The Labute approximate surface area is 192 Å². The first-order valence-corrected chi connectivity index (χ1v) is 11.2. The van der Waals surface area contributed by atoms with E-state index in [9.17, 15) is 4.79 Å². The molecule has 0 radical (unpaired) electrons. The molecule has 4 rings (SSSR count). The maximum absolute atomic E-state index is 13.0. The van der Waals surface area contributed by atoms with Gasteiger partial charge in [0.15, 0.2) is 17.3 Å². The summed E-state index contributed by atoms with van der Waals surface area (Å²) in [5.74, 6) is 1.94. The highest BCUT2D eigenvalue weighted by Gasteiger charge is 2.25. The van der Waals surface area contributed by atoms with Crippen LogP contribution in [0.3, 0.4) is 0 Å². The lowest BCUT2D eigenvalue weighted by Crippen LogP contribution is -2.35. The Morgan fingerprint density at radius 2 is 1.94 bits per heavy atom. The fourth-order valence-corrected chi connectivity index (χ4v) is 4.22. The van der Waals surface area contributed by atoms with Crippen molar-refractivity contribution in [3.8, 4) is 11.5 Å². The number of nitrogens with zero attached hydrogens (tertiary/aromatic N) is 5. The molecule has 10 heteroatoms. The third kappa shape index (κ3) is 5.17. The Morgan fingerprint density at radius 1 is 1.18 bits per heavy atom. The van der Waals surface area contributed by atoms with Gasteiger partial charge < -0.3 is 19.2 Å². The SMILES string of the molecule is COc1cc2cc(CN(Cc3nnnn3C(C)(C)C)C[C@@H]3CCCO3)c(=O)[nH]c2cc1OC. The highest BCUT2D eigenvalue weighted by atomic mass is 16.5. The number of rotatable bonds is 8. The van der Waals surface area contributed by atoms with Crippen LogP contribution in [0.5, 0.6) is 11.5 Å². The predicted molar refractivity (Wildman–Crippen MR) is 124 cm³/mol. The summed E-state index contributed by atoms with van der Waals surface area (Å²) in [5.41, 5.74) is 0.971. The summed E-state index contributed by atoms with van der Waals surface area (Å²) < 4.78 is 18.5. The van der Waals surface area contributed by atoms with E-state index >= 15 is 0 Å². The van der Waals surface area contributed by atoms with Gasteiger partial charge in [0.1, 0.15) is 0 Å². The van der Waals surface area contributed by atoms with Crippen LogP contribution in [0.25, 0.3) is 10.9 Å². The van der Waals surface area contributed by atoms with Crippen molar-refractivity contribution in [2.75, 3.05) is 27.4 Å². The van der Waals surface area contributed by atoms with Gasteiger partial charge in [0, 0.05) is 36.7 Å². The minimum Gasteiger partial charge on any atom is -0.493 e. The van der Waals surface area contributed by atoms with Crippen LogP contribution in [0.4, 0.5) is 0 Å². The maximum atomic E-state index is 13.0. The summed E-state index contributed by atoms with van der Waals surface area (Å²) >= 11 is 0. The zero-order chi connectivity index (χ0) is 23.6. The van der Waals surface area contributed by atoms with Crippen molar-refractivity contribution in [2.45, 2.75) is 58.3 Å². The number of hydrogen-bond donors (Lipinski definition) is 1. The molecule has 0 bridgehead atoms. The number of ether oxygens (including phenoxy) is 3. The standard InChI is InChI=1S/C23H32N6O4/c1-23(2,3)29-21(25-26-27-29)14-28(13-17-7-6-8-33-17)12-16-9-15-10-19(31-4)20(32-5)11-18(15)24-22(16)30/h9-11,17H,6-8,12-14H2,1-5H3,(H,24,30)/t17-/m0/s1. The molecule has 1 atom stereocenters. The first kappa shape index (κ1) is 23.2. The largest absolute Gasteiger partial charge is 0.493 e. The lowest BCUT2D eigenvalue weighted by Gasteiger charge is -2.26. The number of tetrazole rings is 1. The second-order valence-corrected chi connectivity index (χ2v) is 9.40. The number of aromatic amines is 1.